The van der Waals surface area contributed by atoms with E-state index in [-0.39, 0.29) is 5.91 Å². The number of rotatable bonds is 5. The van der Waals surface area contributed by atoms with Crippen LogP contribution in [0, 0.1) is 13.8 Å². The Morgan fingerprint density at radius 3 is 2.60 bits per heavy atom. The van der Waals surface area contributed by atoms with Gasteiger partial charge in [-0.2, -0.15) is 0 Å². The van der Waals surface area contributed by atoms with Crippen LogP contribution >= 0.6 is 0 Å². The summed E-state index contributed by atoms with van der Waals surface area (Å²) in [5.74, 6) is 0.761. The van der Waals surface area contributed by atoms with Crippen LogP contribution in [0.5, 0.6) is 5.75 Å². The first-order chi connectivity index (χ1) is 9.66. The zero-order chi connectivity index (χ0) is 14.4. The molecule has 2 aromatic carbocycles. The zero-order valence-electron chi connectivity index (χ0n) is 11.8. The van der Waals surface area contributed by atoms with E-state index in [4.69, 9.17) is 4.74 Å². The number of benzene rings is 2. The molecule has 0 saturated carbocycles. The molecule has 0 radical (unpaired) electrons. The molecule has 104 valence electrons. The normalized spacial score (nSPS) is 10.1. The van der Waals surface area contributed by atoms with Crippen LogP contribution in [0.2, 0.25) is 0 Å². The number of ether oxygens (including phenoxy) is 1. The number of hydrogen-bond acceptors (Lipinski definition) is 2. The molecular formula is C17H19NO2. The van der Waals surface area contributed by atoms with Crippen LogP contribution in [0.25, 0.3) is 0 Å². The third-order valence-electron chi connectivity index (χ3n) is 3.04. The van der Waals surface area contributed by atoms with Crippen molar-refractivity contribution in [2.75, 3.05) is 13.2 Å². The fourth-order valence-corrected chi connectivity index (χ4v) is 1.93. The quantitative estimate of drug-likeness (QED) is 0.847. The van der Waals surface area contributed by atoms with Crippen molar-refractivity contribution in [2.45, 2.75) is 13.8 Å². The van der Waals surface area contributed by atoms with Gasteiger partial charge in [-0.3, -0.25) is 4.79 Å². The predicted molar refractivity (Wildman–Crippen MR) is 80.2 cm³/mol. The first-order valence-corrected chi connectivity index (χ1v) is 6.70. The highest BCUT2D eigenvalue weighted by molar-refractivity contribution is 5.95. The molecular weight excluding hydrogens is 250 g/mol. The van der Waals surface area contributed by atoms with Gasteiger partial charge in [0.1, 0.15) is 12.4 Å². The van der Waals surface area contributed by atoms with Crippen molar-refractivity contribution in [2.24, 2.45) is 0 Å². The van der Waals surface area contributed by atoms with Crippen LogP contribution in [0.4, 0.5) is 0 Å². The van der Waals surface area contributed by atoms with Gasteiger partial charge in [-0.25, -0.2) is 0 Å². The molecule has 3 heteroatoms. The van der Waals surface area contributed by atoms with Crippen molar-refractivity contribution >= 4 is 5.91 Å². The van der Waals surface area contributed by atoms with Gasteiger partial charge in [-0.05, 0) is 37.6 Å². The largest absolute Gasteiger partial charge is 0.492 e. The van der Waals surface area contributed by atoms with Crippen molar-refractivity contribution in [1.82, 2.24) is 5.32 Å². The lowest BCUT2D eigenvalue weighted by atomic mass is 10.1. The predicted octanol–water partition coefficient (Wildman–Crippen LogP) is 3.11. The third-order valence-corrected chi connectivity index (χ3v) is 3.04. The molecule has 2 rings (SSSR count). The van der Waals surface area contributed by atoms with E-state index in [1.807, 2.05) is 62.4 Å². The van der Waals surface area contributed by atoms with Gasteiger partial charge in [0.15, 0.2) is 0 Å². The molecule has 0 aliphatic carbocycles. The van der Waals surface area contributed by atoms with Gasteiger partial charge >= 0.3 is 0 Å². The van der Waals surface area contributed by atoms with Gasteiger partial charge < -0.3 is 10.1 Å². The minimum absolute atomic E-state index is 0.0529. The highest BCUT2D eigenvalue weighted by atomic mass is 16.5. The SMILES string of the molecule is Cc1ccc(C)c(C(=O)NCCOc2ccccc2)c1. The van der Waals surface area contributed by atoms with E-state index < -0.39 is 0 Å². The summed E-state index contributed by atoms with van der Waals surface area (Å²) in [5, 5.41) is 2.87. The number of nitrogens with one attached hydrogen (secondary N) is 1. The van der Waals surface area contributed by atoms with E-state index >= 15 is 0 Å². The lowest BCUT2D eigenvalue weighted by Gasteiger charge is -2.09. The molecule has 0 atom stereocenters. The Morgan fingerprint density at radius 1 is 1.10 bits per heavy atom. The van der Waals surface area contributed by atoms with Gasteiger partial charge in [-0.1, -0.05) is 35.9 Å². The smallest absolute Gasteiger partial charge is 0.251 e. The van der Waals surface area contributed by atoms with Gasteiger partial charge in [0.2, 0.25) is 0 Å². The summed E-state index contributed by atoms with van der Waals surface area (Å²) in [4.78, 5) is 12.1. The van der Waals surface area contributed by atoms with Crippen molar-refractivity contribution in [3.63, 3.8) is 0 Å². The molecule has 0 unspecified atom stereocenters. The maximum Gasteiger partial charge on any atom is 0.251 e. The molecule has 0 spiro atoms. The van der Waals surface area contributed by atoms with Crippen molar-refractivity contribution < 1.29 is 9.53 Å². The summed E-state index contributed by atoms with van der Waals surface area (Å²) in [5.41, 5.74) is 2.79. The number of carbonyl (C=O) groups excluding carboxylic acids is 1. The maximum atomic E-state index is 12.1. The van der Waals surface area contributed by atoms with Crippen LogP contribution in [0.3, 0.4) is 0 Å². The molecule has 0 saturated heterocycles. The molecule has 1 N–H and O–H groups in total. The van der Waals surface area contributed by atoms with Gasteiger partial charge in [-0.15, -0.1) is 0 Å². The van der Waals surface area contributed by atoms with E-state index in [2.05, 4.69) is 5.32 Å². The Kier molecular flexibility index (Phi) is 4.77. The minimum atomic E-state index is -0.0529. The van der Waals surface area contributed by atoms with Crippen LogP contribution in [-0.4, -0.2) is 19.1 Å². The summed E-state index contributed by atoms with van der Waals surface area (Å²) in [6.45, 7) is 4.87. The van der Waals surface area contributed by atoms with E-state index in [9.17, 15) is 4.79 Å². The van der Waals surface area contributed by atoms with E-state index in [1.54, 1.807) is 0 Å². The van der Waals surface area contributed by atoms with Crippen LogP contribution in [0.15, 0.2) is 48.5 Å². The highest BCUT2D eigenvalue weighted by Gasteiger charge is 2.08. The Balaban J connectivity index is 1.82. The molecule has 0 fully saturated rings. The second-order valence-electron chi connectivity index (χ2n) is 4.74. The molecule has 1 amide bonds. The number of aryl methyl sites for hydroxylation is 2. The van der Waals surface area contributed by atoms with Crippen LogP contribution < -0.4 is 10.1 Å². The summed E-state index contributed by atoms with van der Waals surface area (Å²) in [6.07, 6.45) is 0. The molecule has 0 aromatic heterocycles. The van der Waals surface area contributed by atoms with Crippen LogP contribution in [-0.2, 0) is 0 Å². The Bertz CT molecular complexity index is 579. The molecule has 2 aromatic rings. The summed E-state index contributed by atoms with van der Waals surface area (Å²) in [6, 6.07) is 15.4. The first kappa shape index (κ1) is 14.1. The Hall–Kier alpha value is -2.29. The summed E-state index contributed by atoms with van der Waals surface area (Å²) < 4.78 is 5.53. The topological polar surface area (TPSA) is 38.3 Å². The van der Waals surface area contributed by atoms with E-state index in [0.717, 1.165) is 22.4 Å². The van der Waals surface area contributed by atoms with Crippen LogP contribution in [0.1, 0.15) is 21.5 Å². The van der Waals surface area contributed by atoms with Gasteiger partial charge in [0.25, 0.3) is 5.91 Å². The molecule has 20 heavy (non-hydrogen) atoms. The molecule has 0 bridgehead atoms. The van der Waals surface area contributed by atoms with Crippen molar-refractivity contribution in [1.29, 1.82) is 0 Å². The average Bonchev–Trinajstić information content (AvgIpc) is 2.47. The lowest BCUT2D eigenvalue weighted by molar-refractivity contribution is 0.0946. The molecule has 3 nitrogen and oxygen atoms in total. The monoisotopic (exact) mass is 269 g/mol. The number of para-hydroxylation sites is 1. The van der Waals surface area contributed by atoms with Crippen molar-refractivity contribution in [3.8, 4) is 5.75 Å². The fraction of sp³-hybridized carbons (Fsp3) is 0.235. The van der Waals surface area contributed by atoms with E-state index in [1.165, 1.54) is 0 Å². The number of carbonyl (C=O) groups is 1. The Morgan fingerprint density at radius 2 is 1.85 bits per heavy atom. The molecule has 0 aliphatic heterocycles. The van der Waals surface area contributed by atoms with E-state index in [0.29, 0.717) is 13.2 Å². The number of hydrogen-bond donors (Lipinski definition) is 1. The zero-order valence-corrected chi connectivity index (χ0v) is 11.8. The molecule has 0 aliphatic rings. The highest BCUT2D eigenvalue weighted by Crippen LogP contribution is 2.10. The Labute approximate surface area is 119 Å². The third kappa shape index (κ3) is 3.85. The minimum Gasteiger partial charge on any atom is -0.492 e. The second kappa shape index (κ2) is 6.75. The van der Waals surface area contributed by atoms with Gasteiger partial charge in [0, 0.05) is 5.56 Å². The van der Waals surface area contributed by atoms with Crippen molar-refractivity contribution in [3.05, 3.63) is 65.2 Å². The molecule has 0 heterocycles. The lowest BCUT2D eigenvalue weighted by Crippen LogP contribution is -2.28. The summed E-state index contributed by atoms with van der Waals surface area (Å²) in [7, 11) is 0. The fourth-order valence-electron chi connectivity index (χ4n) is 1.93. The first-order valence-electron chi connectivity index (χ1n) is 6.70. The average molecular weight is 269 g/mol. The second-order valence-corrected chi connectivity index (χ2v) is 4.74. The standard InChI is InChI=1S/C17H19NO2/c1-13-8-9-14(2)16(12-13)17(19)18-10-11-20-15-6-4-3-5-7-15/h3-9,12H,10-11H2,1-2H3,(H,18,19). The number of amides is 1. The van der Waals surface area contributed by atoms with Gasteiger partial charge in [0.05, 0.1) is 6.54 Å². The summed E-state index contributed by atoms with van der Waals surface area (Å²) >= 11 is 0. The maximum absolute atomic E-state index is 12.1.